The standard InChI is InChI=1S/C16H15N3O2S/c1-10(2)17-15(20)12-6-3-5-11(9-12)14-18-16(21-19-14)13-7-4-8-22-13/h3-10H,1-2H3,(H,17,20). The van der Waals surface area contributed by atoms with Crippen molar-refractivity contribution >= 4 is 17.2 Å². The van der Waals surface area contributed by atoms with Crippen molar-refractivity contribution in [3.05, 3.63) is 47.3 Å². The van der Waals surface area contributed by atoms with E-state index in [4.69, 9.17) is 4.52 Å². The molecule has 3 aromatic rings. The zero-order chi connectivity index (χ0) is 15.5. The van der Waals surface area contributed by atoms with E-state index in [-0.39, 0.29) is 11.9 Å². The Morgan fingerprint density at radius 1 is 1.27 bits per heavy atom. The maximum Gasteiger partial charge on any atom is 0.268 e. The van der Waals surface area contributed by atoms with Crippen LogP contribution in [0.25, 0.3) is 22.2 Å². The summed E-state index contributed by atoms with van der Waals surface area (Å²) in [7, 11) is 0. The van der Waals surface area contributed by atoms with Gasteiger partial charge in [-0.2, -0.15) is 4.98 Å². The lowest BCUT2D eigenvalue weighted by molar-refractivity contribution is 0.0943. The van der Waals surface area contributed by atoms with Crippen LogP contribution in [-0.2, 0) is 0 Å². The van der Waals surface area contributed by atoms with Crippen LogP contribution >= 0.6 is 11.3 Å². The summed E-state index contributed by atoms with van der Waals surface area (Å²) in [5.74, 6) is 0.850. The predicted molar refractivity (Wildman–Crippen MR) is 85.6 cm³/mol. The molecule has 0 aliphatic heterocycles. The highest BCUT2D eigenvalue weighted by Gasteiger charge is 2.13. The molecule has 0 atom stereocenters. The molecule has 112 valence electrons. The van der Waals surface area contributed by atoms with Crippen LogP contribution in [0.15, 0.2) is 46.3 Å². The van der Waals surface area contributed by atoms with Crippen molar-refractivity contribution in [1.29, 1.82) is 0 Å². The third kappa shape index (κ3) is 3.07. The van der Waals surface area contributed by atoms with Crippen LogP contribution in [0.2, 0.25) is 0 Å². The summed E-state index contributed by atoms with van der Waals surface area (Å²) in [6, 6.07) is 11.1. The highest BCUT2D eigenvalue weighted by atomic mass is 32.1. The Morgan fingerprint density at radius 3 is 2.86 bits per heavy atom. The van der Waals surface area contributed by atoms with Gasteiger partial charge in [0.05, 0.1) is 4.88 Å². The molecular weight excluding hydrogens is 298 g/mol. The number of thiophene rings is 1. The number of benzene rings is 1. The number of carbonyl (C=O) groups excluding carboxylic acids is 1. The van der Waals surface area contributed by atoms with Crippen LogP contribution in [0, 0.1) is 0 Å². The van der Waals surface area contributed by atoms with E-state index in [1.54, 1.807) is 12.1 Å². The summed E-state index contributed by atoms with van der Waals surface area (Å²) < 4.78 is 5.28. The van der Waals surface area contributed by atoms with E-state index in [1.807, 2.05) is 43.5 Å². The van der Waals surface area contributed by atoms with Crippen LogP contribution in [0.3, 0.4) is 0 Å². The predicted octanol–water partition coefficient (Wildman–Crippen LogP) is 3.60. The van der Waals surface area contributed by atoms with E-state index in [9.17, 15) is 4.79 Å². The average molecular weight is 313 g/mol. The lowest BCUT2D eigenvalue weighted by atomic mass is 10.1. The summed E-state index contributed by atoms with van der Waals surface area (Å²) in [6.07, 6.45) is 0. The van der Waals surface area contributed by atoms with Crippen LogP contribution in [-0.4, -0.2) is 22.1 Å². The van der Waals surface area contributed by atoms with Gasteiger partial charge in [-0.05, 0) is 37.4 Å². The fraction of sp³-hybridized carbons (Fsp3) is 0.188. The van der Waals surface area contributed by atoms with Crippen molar-refractivity contribution in [2.24, 2.45) is 0 Å². The van der Waals surface area contributed by atoms with Crippen LogP contribution in [0.4, 0.5) is 0 Å². The molecule has 0 radical (unpaired) electrons. The minimum absolute atomic E-state index is 0.0896. The van der Waals surface area contributed by atoms with Gasteiger partial charge in [-0.25, -0.2) is 0 Å². The summed E-state index contributed by atoms with van der Waals surface area (Å²) >= 11 is 1.54. The lowest BCUT2D eigenvalue weighted by Crippen LogP contribution is -2.30. The minimum atomic E-state index is -0.112. The third-order valence-corrected chi connectivity index (χ3v) is 3.82. The van der Waals surface area contributed by atoms with Crippen LogP contribution in [0.5, 0.6) is 0 Å². The molecule has 1 aromatic carbocycles. The first-order chi connectivity index (χ1) is 10.6. The van der Waals surface area contributed by atoms with E-state index in [1.165, 1.54) is 11.3 Å². The summed E-state index contributed by atoms with van der Waals surface area (Å²) in [4.78, 5) is 17.4. The van der Waals surface area contributed by atoms with Crippen molar-refractivity contribution in [2.75, 3.05) is 0 Å². The Kier molecular flexibility index (Phi) is 4.02. The number of nitrogens with one attached hydrogen (secondary N) is 1. The van der Waals surface area contributed by atoms with Crippen molar-refractivity contribution in [3.8, 4) is 22.2 Å². The first-order valence-electron chi connectivity index (χ1n) is 6.92. The van der Waals surface area contributed by atoms with Gasteiger partial charge in [0.1, 0.15) is 0 Å². The Labute approximate surface area is 132 Å². The summed E-state index contributed by atoms with van der Waals surface area (Å²) in [6.45, 7) is 3.85. The number of hydrogen-bond donors (Lipinski definition) is 1. The molecule has 0 unspecified atom stereocenters. The Bertz CT molecular complexity index is 778. The molecule has 0 bridgehead atoms. The van der Waals surface area contributed by atoms with Gasteiger partial charge in [-0.15, -0.1) is 11.3 Å². The highest BCUT2D eigenvalue weighted by molar-refractivity contribution is 7.13. The van der Waals surface area contributed by atoms with Gasteiger partial charge in [-0.3, -0.25) is 4.79 Å². The largest absolute Gasteiger partial charge is 0.350 e. The van der Waals surface area contributed by atoms with Crippen molar-refractivity contribution in [2.45, 2.75) is 19.9 Å². The molecule has 0 spiro atoms. The topological polar surface area (TPSA) is 68.0 Å². The smallest absolute Gasteiger partial charge is 0.268 e. The molecule has 2 aromatic heterocycles. The van der Waals surface area contributed by atoms with Crippen LogP contribution in [0.1, 0.15) is 24.2 Å². The molecule has 0 aliphatic rings. The van der Waals surface area contributed by atoms with Gasteiger partial charge in [-0.1, -0.05) is 23.4 Å². The fourth-order valence-electron chi connectivity index (χ4n) is 1.99. The maximum absolute atomic E-state index is 12.1. The van der Waals surface area contributed by atoms with Gasteiger partial charge < -0.3 is 9.84 Å². The zero-order valence-corrected chi connectivity index (χ0v) is 13.1. The average Bonchev–Trinajstić information content (AvgIpc) is 3.18. The molecule has 3 rings (SSSR count). The second-order valence-corrected chi connectivity index (χ2v) is 6.06. The fourth-order valence-corrected chi connectivity index (χ4v) is 2.63. The zero-order valence-electron chi connectivity index (χ0n) is 12.2. The van der Waals surface area contributed by atoms with E-state index < -0.39 is 0 Å². The minimum Gasteiger partial charge on any atom is -0.350 e. The monoisotopic (exact) mass is 313 g/mol. The lowest BCUT2D eigenvalue weighted by Gasteiger charge is -2.08. The molecule has 0 saturated heterocycles. The molecule has 1 N–H and O–H groups in total. The van der Waals surface area contributed by atoms with Gasteiger partial charge in [0.25, 0.3) is 11.8 Å². The highest BCUT2D eigenvalue weighted by Crippen LogP contribution is 2.25. The molecule has 22 heavy (non-hydrogen) atoms. The molecule has 0 aliphatic carbocycles. The molecule has 0 fully saturated rings. The Morgan fingerprint density at radius 2 is 2.14 bits per heavy atom. The second-order valence-electron chi connectivity index (χ2n) is 5.11. The number of hydrogen-bond acceptors (Lipinski definition) is 5. The number of amides is 1. The van der Waals surface area contributed by atoms with Crippen LogP contribution < -0.4 is 5.32 Å². The first kappa shape index (κ1) is 14.5. The quantitative estimate of drug-likeness (QED) is 0.799. The Hall–Kier alpha value is -2.47. The number of rotatable bonds is 4. The molecular formula is C16H15N3O2S. The Balaban J connectivity index is 1.88. The van der Waals surface area contributed by atoms with Crippen molar-refractivity contribution in [3.63, 3.8) is 0 Å². The SMILES string of the molecule is CC(C)NC(=O)c1cccc(-c2noc(-c3cccs3)n2)c1. The third-order valence-electron chi connectivity index (χ3n) is 2.96. The number of aromatic nitrogens is 2. The first-order valence-corrected chi connectivity index (χ1v) is 7.80. The number of nitrogens with zero attached hydrogens (tertiary/aromatic N) is 2. The van der Waals surface area contributed by atoms with Gasteiger partial charge >= 0.3 is 0 Å². The molecule has 5 nitrogen and oxygen atoms in total. The second kappa shape index (κ2) is 6.11. The maximum atomic E-state index is 12.1. The van der Waals surface area contributed by atoms with Gasteiger partial charge in [0.2, 0.25) is 5.82 Å². The number of carbonyl (C=O) groups is 1. The van der Waals surface area contributed by atoms with Gasteiger partial charge in [0, 0.05) is 17.2 Å². The van der Waals surface area contributed by atoms with Gasteiger partial charge in [0.15, 0.2) is 0 Å². The van der Waals surface area contributed by atoms with E-state index in [2.05, 4.69) is 15.5 Å². The summed E-state index contributed by atoms with van der Waals surface area (Å²) in [5, 5.41) is 8.81. The van der Waals surface area contributed by atoms with Crippen molar-refractivity contribution in [1.82, 2.24) is 15.5 Å². The molecule has 2 heterocycles. The summed E-state index contributed by atoms with van der Waals surface area (Å²) in [5.41, 5.74) is 1.33. The molecule has 6 heteroatoms. The molecule has 0 saturated carbocycles. The van der Waals surface area contributed by atoms with E-state index in [0.717, 1.165) is 10.4 Å². The van der Waals surface area contributed by atoms with E-state index in [0.29, 0.717) is 17.3 Å². The normalized spacial score (nSPS) is 10.9. The van der Waals surface area contributed by atoms with Crippen molar-refractivity contribution < 1.29 is 9.32 Å². The molecule has 1 amide bonds. The van der Waals surface area contributed by atoms with E-state index >= 15 is 0 Å².